The number of hydrogen-bond donors (Lipinski definition) is 2. The summed E-state index contributed by atoms with van der Waals surface area (Å²) in [6.45, 7) is 2.11. The molecular weight excluding hydrogens is 610 g/mol. The van der Waals surface area contributed by atoms with Crippen LogP contribution in [0.2, 0.25) is 5.02 Å². The molecular formula is C35H38ClN3O7. The van der Waals surface area contributed by atoms with E-state index < -0.39 is 47.7 Å². The summed E-state index contributed by atoms with van der Waals surface area (Å²) in [5.41, 5.74) is -0.109. The lowest BCUT2D eigenvalue weighted by Gasteiger charge is -2.36. The van der Waals surface area contributed by atoms with Crippen molar-refractivity contribution in [2.45, 2.75) is 62.5 Å². The molecule has 46 heavy (non-hydrogen) atoms. The molecule has 4 heterocycles. The van der Waals surface area contributed by atoms with Crippen LogP contribution in [0.1, 0.15) is 44.3 Å². The molecule has 2 aromatic rings. The summed E-state index contributed by atoms with van der Waals surface area (Å²) < 4.78 is 12.7. The summed E-state index contributed by atoms with van der Waals surface area (Å²) in [4.78, 5) is 59.2. The number of anilines is 1. The molecule has 0 aliphatic carbocycles. The molecule has 6 rings (SSSR count). The van der Waals surface area contributed by atoms with Gasteiger partial charge in [-0.3, -0.25) is 19.2 Å². The van der Waals surface area contributed by atoms with Gasteiger partial charge in [0, 0.05) is 36.8 Å². The van der Waals surface area contributed by atoms with Gasteiger partial charge in [0.05, 0.1) is 18.1 Å². The van der Waals surface area contributed by atoms with Crippen LogP contribution in [0.3, 0.4) is 0 Å². The Morgan fingerprint density at radius 3 is 2.50 bits per heavy atom. The van der Waals surface area contributed by atoms with E-state index in [-0.39, 0.29) is 43.8 Å². The highest BCUT2D eigenvalue weighted by Crippen LogP contribution is 2.56. The number of esters is 1. The Labute approximate surface area is 273 Å². The molecule has 0 saturated carbocycles. The second-order valence-corrected chi connectivity index (χ2v) is 12.7. The number of aliphatic hydroxyl groups is 1. The molecule has 242 valence electrons. The lowest BCUT2D eigenvalue weighted by atomic mass is 9.74. The lowest BCUT2D eigenvalue weighted by molar-refractivity contribution is -0.161. The number of ether oxygens (including phenoxy) is 2. The highest BCUT2D eigenvalue weighted by atomic mass is 35.5. The number of amides is 3. The number of hydrogen-bond acceptors (Lipinski definition) is 7. The van der Waals surface area contributed by atoms with Crippen LogP contribution in [-0.2, 0) is 28.7 Å². The van der Waals surface area contributed by atoms with Crippen LogP contribution in [0, 0.1) is 11.8 Å². The first-order chi connectivity index (χ1) is 22.2. The first-order valence-electron chi connectivity index (χ1n) is 15.8. The largest absolute Gasteiger partial charge is 0.455 e. The van der Waals surface area contributed by atoms with Crippen molar-refractivity contribution in [3.05, 3.63) is 89.5 Å². The number of nitrogens with one attached hydrogen (secondary N) is 1. The van der Waals surface area contributed by atoms with Gasteiger partial charge in [-0.1, -0.05) is 66.2 Å². The second kappa shape index (κ2) is 13.4. The Kier molecular flexibility index (Phi) is 9.31. The highest BCUT2D eigenvalue weighted by molar-refractivity contribution is 6.30. The van der Waals surface area contributed by atoms with Gasteiger partial charge in [0.1, 0.15) is 23.7 Å². The molecule has 5 bridgehead atoms. The SMILES string of the molecule is C[C@@H]1NC(=O)CC/C=C\CN(c2ccc(Cl)cc2)C(=O)[C@H]2N(CCCCO)C(=O)[C@@H]3[C@@H](C(=O)O[C@H]1c1ccccc1)[C@H]1C=C[C@]32O1. The average molecular weight is 648 g/mol. The Morgan fingerprint density at radius 1 is 1.00 bits per heavy atom. The molecule has 11 heteroatoms. The zero-order valence-corrected chi connectivity index (χ0v) is 26.3. The smallest absolute Gasteiger partial charge is 0.313 e. The molecule has 0 aromatic heterocycles. The first-order valence-corrected chi connectivity index (χ1v) is 16.2. The minimum atomic E-state index is -1.38. The standard InChI is InChI=1S/C35H38ClN3O7/c1-22-30(23-10-4-2-5-11-23)45-34(44)28-26-17-18-35(46-26)29(28)32(42)39(20-8-9-21-40)31(35)33(43)38(25-15-13-24(36)14-16-25)19-7-3-6-12-27(41)37-22/h2-5,7,10-11,13-18,22,26,28-31,40H,6,8-9,12,19-21H2,1H3,(H,37,41)/b7-3-/t22-,26+,28-,29-,30+,31+,35-/m0/s1. The Bertz CT molecular complexity index is 1530. The van der Waals surface area contributed by atoms with E-state index in [2.05, 4.69) is 5.32 Å². The topological polar surface area (TPSA) is 125 Å². The number of nitrogens with zero attached hydrogens (tertiary/aromatic N) is 2. The van der Waals surface area contributed by atoms with E-state index in [1.165, 1.54) is 4.90 Å². The third kappa shape index (κ3) is 5.85. The summed E-state index contributed by atoms with van der Waals surface area (Å²) in [5, 5.41) is 13.0. The lowest BCUT2D eigenvalue weighted by Crippen LogP contribution is -2.56. The van der Waals surface area contributed by atoms with Gasteiger partial charge in [-0.05, 0) is 56.0 Å². The van der Waals surface area contributed by atoms with Crippen molar-refractivity contribution in [3.63, 3.8) is 0 Å². The number of rotatable bonds is 6. The molecule has 4 aliphatic heterocycles. The third-order valence-corrected chi connectivity index (χ3v) is 9.55. The van der Waals surface area contributed by atoms with Crippen molar-refractivity contribution in [1.29, 1.82) is 0 Å². The molecule has 4 aliphatic rings. The van der Waals surface area contributed by atoms with E-state index in [1.807, 2.05) is 42.5 Å². The third-order valence-electron chi connectivity index (χ3n) is 9.30. The molecule has 0 unspecified atom stereocenters. The first kappa shape index (κ1) is 32.0. The van der Waals surface area contributed by atoms with Crippen molar-refractivity contribution < 1.29 is 33.8 Å². The van der Waals surface area contributed by atoms with Gasteiger partial charge in [0.25, 0.3) is 5.91 Å². The Morgan fingerprint density at radius 2 is 1.76 bits per heavy atom. The normalized spacial score (nSPS) is 32.0. The van der Waals surface area contributed by atoms with Crippen molar-refractivity contribution in [2.24, 2.45) is 11.8 Å². The van der Waals surface area contributed by atoms with Gasteiger partial charge in [-0.15, -0.1) is 0 Å². The minimum absolute atomic E-state index is 0.0556. The summed E-state index contributed by atoms with van der Waals surface area (Å²) in [7, 11) is 0. The number of benzene rings is 2. The van der Waals surface area contributed by atoms with Crippen LogP contribution in [0.5, 0.6) is 0 Å². The summed E-state index contributed by atoms with van der Waals surface area (Å²) in [5.74, 6) is -3.56. The van der Waals surface area contributed by atoms with Gasteiger partial charge in [-0.2, -0.15) is 0 Å². The number of unbranched alkanes of at least 4 members (excludes halogenated alkanes) is 1. The Balaban J connectivity index is 1.43. The highest BCUT2D eigenvalue weighted by Gasteiger charge is 2.73. The predicted molar refractivity (Wildman–Crippen MR) is 171 cm³/mol. The maximum absolute atomic E-state index is 14.7. The van der Waals surface area contributed by atoms with Crippen molar-refractivity contribution in [2.75, 3.05) is 24.6 Å². The number of allylic oxidation sites excluding steroid dienone is 1. The van der Waals surface area contributed by atoms with Gasteiger partial charge < -0.3 is 29.7 Å². The molecule has 10 nitrogen and oxygen atoms in total. The number of fused-ring (bicyclic) bond motifs is 2. The molecule has 2 aromatic carbocycles. The van der Waals surface area contributed by atoms with Crippen molar-refractivity contribution in [3.8, 4) is 0 Å². The maximum atomic E-state index is 14.7. The van der Waals surface area contributed by atoms with Gasteiger partial charge >= 0.3 is 5.97 Å². The van der Waals surface area contributed by atoms with Gasteiger partial charge in [-0.25, -0.2) is 0 Å². The number of cyclic esters (lactones) is 1. The fourth-order valence-corrected chi connectivity index (χ4v) is 7.29. The summed E-state index contributed by atoms with van der Waals surface area (Å²) in [6, 6.07) is 14.4. The molecule has 2 saturated heterocycles. The van der Waals surface area contributed by atoms with Gasteiger partial charge in [0.2, 0.25) is 11.8 Å². The fourth-order valence-electron chi connectivity index (χ4n) is 7.16. The monoisotopic (exact) mass is 647 g/mol. The summed E-state index contributed by atoms with van der Waals surface area (Å²) >= 11 is 6.17. The van der Waals surface area contributed by atoms with Crippen LogP contribution in [-0.4, -0.2) is 77.2 Å². The van der Waals surface area contributed by atoms with E-state index in [0.29, 0.717) is 35.5 Å². The fraction of sp³-hybridized carbons (Fsp3) is 0.429. The van der Waals surface area contributed by atoms with Crippen LogP contribution < -0.4 is 10.2 Å². The Hall–Kier alpha value is -3.99. The quantitative estimate of drug-likeness (QED) is 0.278. The van der Waals surface area contributed by atoms with Crippen LogP contribution >= 0.6 is 11.6 Å². The molecule has 2 N–H and O–H groups in total. The molecule has 3 amide bonds. The van der Waals surface area contributed by atoms with E-state index in [0.717, 1.165) is 0 Å². The number of aliphatic hydroxyl groups excluding tert-OH is 1. The van der Waals surface area contributed by atoms with Crippen LogP contribution in [0.25, 0.3) is 0 Å². The zero-order valence-electron chi connectivity index (χ0n) is 25.6. The number of carbonyl (C=O) groups is 4. The van der Waals surface area contributed by atoms with E-state index in [9.17, 15) is 24.3 Å². The minimum Gasteiger partial charge on any atom is -0.455 e. The average Bonchev–Trinajstić information content (AvgIpc) is 3.69. The predicted octanol–water partition coefficient (Wildman–Crippen LogP) is 3.74. The van der Waals surface area contributed by atoms with Crippen molar-refractivity contribution >= 4 is 41.0 Å². The summed E-state index contributed by atoms with van der Waals surface area (Å²) in [6.07, 6.45) is 7.14. The number of likely N-dealkylation sites (tertiary alicyclic amines) is 1. The van der Waals surface area contributed by atoms with Gasteiger partial charge in [0.15, 0.2) is 0 Å². The van der Waals surface area contributed by atoms with Crippen LogP contribution in [0.15, 0.2) is 78.9 Å². The van der Waals surface area contributed by atoms with E-state index in [4.69, 9.17) is 21.1 Å². The zero-order chi connectivity index (χ0) is 32.4. The second-order valence-electron chi connectivity index (χ2n) is 12.2. The molecule has 7 atom stereocenters. The number of carbonyl (C=O) groups excluding carboxylic acids is 4. The maximum Gasteiger partial charge on any atom is 0.313 e. The van der Waals surface area contributed by atoms with E-state index in [1.54, 1.807) is 48.2 Å². The number of halogens is 1. The molecule has 2 fully saturated rings. The molecule has 0 radical (unpaired) electrons. The van der Waals surface area contributed by atoms with Crippen molar-refractivity contribution in [1.82, 2.24) is 10.2 Å². The molecule has 1 spiro atoms. The van der Waals surface area contributed by atoms with Crippen LogP contribution in [0.4, 0.5) is 5.69 Å². The van der Waals surface area contributed by atoms with E-state index >= 15 is 0 Å².